The van der Waals surface area contributed by atoms with Crippen LogP contribution in [0, 0.1) is 0 Å². The zero-order chi connectivity index (χ0) is 16.1. The minimum Gasteiger partial charge on any atom is -0.486 e. The predicted molar refractivity (Wildman–Crippen MR) is 85.3 cm³/mol. The van der Waals surface area contributed by atoms with Crippen LogP contribution in [-0.4, -0.2) is 34.7 Å². The first-order chi connectivity index (χ1) is 11.2. The summed E-state index contributed by atoms with van der Waals surface area (Å²) in [6, 6.07) is 7.12. The van der Waals surface area contributed by atoms with E-state index in [-0.39, 0.29) is 12.0 Å². The summed E-state index contributed by atoms with van der Waals surface area (Å²) in [5, 5.41) is 2.90. The number of aryl methyl sites for hydroxylation is 1. The maximum atomic E-state index is 12.1. The van der Waals surface area contributed by atoms with Gasteiger partial charge in [-0.1, -0.05) is 0 Å². The number of nitrogens with zero attached hydrogens (tertiary/aromatic N) is 2. The largest absolute Gasteiger partial charge is 0.486 e. The number of carbonyl (C=O) groups is 1. The van der Waals surface area contributed by atoms with Crippen LogP contribution >= 0.6 is 0 Å². The smallest absolute Gasteiger partial charge is 0.251 e. The molecule has 0 spiro atoms. The van der Waals surface area contributed by atoms with Gasteiger partial charge in [-0.3, -0.25) is 4.79 Å². The number of nitrogens with one attached hydrogen (secondary N) is 1. The number of carbonyl (C=O) groups excluding carboxylic acids is 1. The molecule has 1 atom stereocenters. The summed E-state index contributed by atoms with van der Waals surface area (Å²) in [5.41, 5.74) is 0.618. The van der Waals surface area contributed by atoms with E-state index >= 15 is 0 Å². The lowest BCUT2D eigenvalue weighted by Crippen LogP contribution is -2.31. The molecule has 1 aromatic carbocycles. The fraction of sp³-hybridized carbons (Fsp3) is 0.412. The van der Waals surface area contributed by atoms with Crippen molar-refractivity contribution in [2.24, 2.45) is 7.05 Å². The molecule has 1 aliphatic rings. The van der Waals surface area contributed by atoms with Crippen molar-refractivity contribution >= 4 is 5.91 Å². The molecule has 1 N–H and O–H groups in total. The lowest BCUT2D eigenvalue weighted by Gasteiger charge is -2.11. The minimum atomic E-state index is -0.0869. The Kier molecular flexibility index (Phi) is 4.92. The number of imidazole rings is 1. The van der Waals surface area contributed by atoms with E-state index < -0.39 is 0 Å². The third kappa shape index (κ3) is 4.10. The molecule has 3 rings (SSSR count). The molecule has 2 heterocycles. The summed E-state index contributed by atoms with van der Waals surface area (Å²) in [6.45, 7) is 1.76. The van der Waals surface area contributed by atoms with Crippen molar-refractivity contribution in [3.63, 3.8) is 0 Å². The average Bonchev–Trinajstić information content (AvgIpc) is 3.23. The van der Waals surface area contributed by atoms with E-state index in [1.807, 2.05) is 17.8 Å². The third-order valence-corrected chi connectivity index (χ3v) is 3.92. The molecule has 0 saturated carbocycles. The van der Waals surface area contributed by atoms with Crippen molar-refractivity contribution in [1.82, 2.24) is 14.9 Å². The number of rotatable bonds is 6. The summed E-state index contributed by atoms with van der Waals surface area (Å²) in [4.78, 5) is 16.3. The molecule has 23 heavy (non-hydrogen) atoms. The molecule has 6 heteroatoms. The van der Waals surface area contributed by atoms with Crippen LogP contribution in [0.1, 0.15) is 29.0 Å². The molecule has 1 amide bonds. The van der Waals surface area contributed by atoms with Gasteiger partial charge < -0.3 is 19.4 Å². The van der Waals surface area contributed by atoms with E-state index in [1.165, 1.54) is 0 Å². The van der Waals surface area contributed by atoms with Crippen LogP contribution in [0.4, 0.5) is 0 Å². The minimum absolute atomic E-state index is 0.0869. The van der Waals surface area contributed by atoms with Crippen LogP contribution in [0.2, 0.25) is 0 Å². The molecule has 0 bridgehead atoms. The maximum Gasteiger partial charge on any atom is 0.251 e. The van der Waals surface area contributed by atoms with Gasteiger partial charge in [-0.15, -0.1) is 0 Å². The summed E-state index contributed by atoms with van der Waals surface area (Å²) >= 11 is 0. The summed E-state index contributed by atoms with van der Waals surface area (Å²) < 4.78 is 13.1. The topological polar surface area (TPSA) is 65.4 Å². The predicted octanol–water partition coefficient (Wildman–Crippen LogP) is 1.91. The standard InChI is InChI=1S/C17H21N3O3/c1-20-9-8-18-16(20)12-23-14-6-4-13(5-7-14)17(21)19-11-15-3-2-10-22-15/h4-9,15H,2-3,10-12H2,1H3,(H,19,21)/t15-/m0/s1. The fourth-order valence-electron chi connectivity index (χ4n) is 2.50. The van der Waals surface area contributed by atoms with E-state index in [2.05, 4.69) is 10.3 Å². The lowest BCUT2D eigenvalue weighted by atomic mass is 10.2. The van der Waals surface area contributed by atoms with Gasteiger partial charge in [0.2, 0.25) is 0 Å². The molecule has 122 valence electrons. The van der Waals surface area contributed by atoms with Crippen LogP contribution in [0.5, 0.6) is 5.75 Å². The van der Waals surface area contributed by atoms with Gasteiger partial charge in [0.1, 0.15) is 18.2 Å². The third-order valence-electron chi connectivity index (χ3n) is 3.92. The number of hydrogen-bond donors (Lipinski definition) is 1. The van der Waals surface area contributed by atoms with Crippen molar-refractivity contribution < 1.29 is 14.3 Å². The summed E-state index contributed by atoms with van der Waals surface area (Å²) in [5.74, 6) is 1.48. The molecule has 6 nitrogen and oxygen atoms in total. The van der Waals surface area contributed by atoms with Gasteiger partial charge in [0.15, 0.2) is 0 Å². The molecule has 1 fully saturated rings. The molecule has 0 aliphatic carbocycles. The van der Waals surface area contributed by atoms with Gasteiger partial charge in [0, 0.05) is 38.2 Å². The number of ether oxygens (including phenoxy) is 2. The number of hydrogen-bond acceptors (Lipinski definition) is 4. The van der Waals surface area contributed by atoms with Crippen molar-refractivity contribution in [3.8, 4) is 5.75 Å². The highest BCUT2D eigenvalue weighted by Crippen LogP contribution is 2.14. The Hall–Kier alpha value is -2.34. The molecule has 0 unspecified atom stereocenters. The van der Waals surface area contributed by atoms with Crippen molar-refractivity contribution in [3.05, 3.63) is 48.0 Å². The Morgan fingerprint density at radius 2 is 2.26 bits per heavy atom. The van der Waals surface area contributed by atoms with E-state index in [0.29, 0.717) is 24.5 Å². The first-order valence-electron chi connectivity index (χ1n) is 7.81. The lowest BCUT2D eigenvalue weighted by molar-refractivity contribution is 0.0857. The van der Waals surface area contributed by atoms with Crippen molar-refractivity contribution in [2.45, 2.75) is 25.6 Å². The monoisotopic (exact) mass is 315 g/mol. The van der Waals surface area contributed by atoms with E-state index in [9.17, 15) is 4.79 Å². The molecule has 2 aromatic rings. The second-order valence-electron chi connectivity index (χ2n) is 5.61. The highest BCUT2D eigenvalue weighted by atomic mass is 16.5. The highest BCUT2D eigenvalue weighted by Gasteiger charge is 2.16. The van der Waals surface area contributed by atoms with E-state index in [0.717, 1.165) is 25.3 Å². The highest BCUT2D eigenvalue weighted by molar-refractivity contribution is 5.94. The second kappa shape index (κ2) is 7.28. The average molecular weight is 315 g/mol. The SMILES string of the molecule is Cn1ccnc1COc1ccc(C(=O)NC[C@@H]2CCCO2)cc1. The Labute approximate surface area is 135 Å². The maximum absolute atomic E-state index is 12.1. The van der Waals surface area contributed by atoms with Crippen LogP contribution < -0.4 is 10.1 Å². The zero-order valence-electron chi connectivity index (χ0n) is 13.2. The van der Waals surface area contributed by atoms with Crippen molar-refractivity contribution in [1.29, 1.82) is 0 Å². The Morgan fingerprint density at radius 1 is 1.43 bits per heavy atom. The van der Waals surface area contributed by atoms with Gasteiger partial charge in [-0.2, -0.15) is 0 Å². The number of benzene rings is 1. The fourth-order valence-corrected chi connectivity index (χ4v) is 2.50. The van der Waals surface area contributed by atoms with Gasteiger partial charge in [0.25, 0.3) is 5.91 Å². The first-order valence-corrected chi connectivity index (χ1v) is 7.81. The van der Waals surface area contributed by atoms with Gasteiger partial charge in [0.05, 0.1) is 6.10 Å². The van der Waals surface area contributed by atoms with Crippen molar-refractivity contribution in [2.75, 3.05) is 13.2 Å². The normalized spacial score (nSPS) is 17.2. The Bertz CT molecular complexity index is 645. The molecular weight excluding hydrogens is 294 g/mol. The van der Waals surface area contributed by atoms with Crippen LogP contribution in [0.3, 0.4) is 0 Å². The van der Waals surface area contributed by atoms with Crippen LogP contribution in [0.25, 0.3) is 0 Å². The van der Waals surface area contributed by atoms with E-state index in [1.54, 1.807) is 30.5 Å². The van der Waals surface area contributed by atoms with Gasteiger partial charge >= 0.3 is 0 Å². The second-order valence-corrected chi connectivity index (χ2v) is 5.61. The van der Waals surface area contributed by atoms with E-state index in [4.69, 9.17) is 9.47 Å². The molecule has 0 radical (unpaired) electrons. The molecule has 1 aliphatic heterocycles. The summed E-state index contributed by atoms with van der Waals surface area (Å²) in [6.07, 6.45) is 5.85. The number of aromatic nitrogens is 2. The number of amides is 1. The quantitative estimate of drug-likeness (QED) is 0.884. The van der Waals surface area contributed by atoms with Crippen LogP contribution in [0.15, 0.2) is 36.7 Å². The summed E-state index contributed by atoms with van der Waals surface area (Å²) in [7, 11) is 1.92. The molecule has 1 aromatic heterocycles. The van der Waals surface area contributed by atoms with Gasteiger partial charge in [-0.05, 0) is 37.1 Å². The molecular formula is C17H21N3O3. The Balaban J connectivity index is 1.49. The van der Waals surface area contributed by atoms with Crippen LogP contribution in [-0.2, 0) is 18.4 Å². The Morgan fingerprint density at radius 3 is 2.91 bits per heavy atom. The van der Waals surface area contributed by atoms with Gasteiger partial charge in [-0.25, -0.2) is 4.98 Å². The molecule has 1 saturated heterocycles. The zero-order valence-corrected chi connectivity index (χ0v) is 13.2. The first kappa shape index (κ1) is 15.6.